The van der Waals surface area contributed by atoms with Crippen molar-refractivity contribution in [1.82, 2.24) is 0 Å². The van der Waals surface area contributed by atoms with Gasteiger partial charge in [0.15, 0.2) is 0 Å². The molecule has 3 atom stereocenters. The highest BCUT2D eigenvalue weighted by Crippen LogP contribution is 2.56. The van der Waals surface area contributed by atoms with Crippen molar-refractivity contribution in [2.24, 2.45) is 5.92 Å². The fourth-order valence-corrected chi connectivity index (χ4v) is 5.79. The van der Waals surface area contributed by atoms with Crippen LogP contribution in [0.15, 0.2) is 91.5 Å². The van der Waals surface area contributed by atoms with Crippen LogP contribution in [0, 0.1) is 12.8 Å². The van der Waals surface area contributed by atoms with Gasteiger partial charge in [-0.15, -0.1) is 0 Å². The predicted molar refractivity (Wildman–Crippen MR) is 135 cm³/mol. The molecule has 4 aromatic rings. The first kappa shape index (κ1) is 21.4. The van der Waals surface area contributed by atoms with Gasteiger partial charge in [0.05, 0.1) is 5.92 Å². The normalized spacial score (nSPS) is 19.5. The second-order valence-corrected chi connectivity index (χ2v) is 9.29. The average molecular weight is 461 g/mol. The zero-order valence-corrected chi connectivity index (χ0v) is 19.4. The van der Waals surface area contributed by atoms with E-state index in [1.807, 2.05) is 30.3 Å². The predicted octanol–water partition coefficient (Wildman–Crippen LogP) is 6.44. The van der Waals surface area contributed by atoms with Gasteiger partial charge in [0.1, 0.15) is 11.5 Å². The maximum Gasteiger partial charge on any atom is 0.335 e. The first-order chi connectivity index (χ1) is 17.0. The monoisotopic (exact) mass is 460 g/mol. The lowest BCUT2D eigenvalue weighted by Gasteiger charge is -2.44. The Morgan fingerprint density at radius 1 is 0.800 bits per heavy atom. The van der Waals surface area contributed by atoms with E-state index in [9.17, 15) is 9.59 Å². The Labute approximate surface area is 203 Å². The lowest BCUT2D eigenvalue weighted by Crippen LogP contribution is -2.38. The number of carbonyl (C=O) groups excluding carboxylic acids is 2. The fraction of sp³-hybridized carbons (Fsp3) is 0.161. The summed E-state index contributed by atoms with van der Waals surface area (Å²) in [4.78, 5) is 25.4. The smallest absolute Gasteiger partial charge is 0.335 e. The van der Waals surface area contributed by atoms with Crippen LogP contribution in [0.1, 0.15) is 46.1 Å². The van der Waals surface area contributed by atoms with Crippen molar-refractivity contribution >= 4 is 22.7 Å². The summed E-state index contributed by atoms with van der Waals surface area (Å²) < 4.78 is 11.4. The van der Waals surface area contributed by atoms with Crippen molar-refractivity contribution in [1.29, 1.82) is 0 Å². The molecule has 0 aliphatic heterocycles. The summed E-state index contributed by atoms with van der Waals surface area (Å²) in [6.07, 6.45) is 1.85. The fourth-order valence-electron chi connectivity index (χ4n) is 5.79. The van der Waals surface area contributed by atoms with Crippen LogP contribution in [0.4, 0.5) is 0 Å². The first-order valence-corrected chi connectivity index (χ1v) is 11.8. The van der Waals surface area contributed by atoms with E-state index in [0.29, 0.717) is 22.3 Å². The Hall–Kier alpha value is -4.18. The molecule has 0 heterocycles. The molecule has 0 saturated carbocycles. The minimum absolute atomic E-state index is 0.0293. The minimum Gasteiger partial charge on any atom is -0.426 e. The molecular formula is C31H24O4. The molecule has 0 amide bonds. The van der Waals surface area contributed by atoms with E-state index in [2.05, 4.69) is 49.9 Å². The summed E-state index contributed by atoms with van der Waals surface area (Å²) in [5, 5.41) is 1.41. The average Bonchev–Trinajstić information content (AvgIpc) is 2.89. The van der Waals surface area contributed by atoms with E-state index in [0.717, 1.165) is 12.5 Å². The second kappa shape index (κ2) is 8.24. The van der Waals surface area contributed by atoms with Gasteiger partial charge in [-0.1, -0.05) is 78.9 Å². The number of esters is 2. The molecule has 3 unspecified atom stereocenters. The second-order valence-electron chi connectivity index (χ2n) is 9.29. The molecule has 3 aliphatic carbocycles. The van der Waals surface area contributed by atoms with Crippen LogP contribution in [-0.4, -0.2) is 11.9 Å². The van der Waals surface area contributed by atoms with E-state index in [1.165, 1.54) is 27.8 Å². The molecule has 35 heavy (non-hydrogen) atoms. The number of hydrogen-bond donors (Lipinski definition) is 0. The molecule has 7 rings (SSSR count). The first-order valence-electron chi connectivity index (χ1n) is 11.8. The zero-order chi connectivity index (χ0) is 24.1. The SMILES string of the molecule is C=CC(=O)Oc1ccc(OC(=O)C2CC3c4ccccc4C2c2ccc(C)cc23)c2ccccc12. The highest BCUT2D eigenvalue weighted by molar-refractivity contribution is 5.97. The molecule has 0 fully saturated rings. The van der Waals surface area contributed by atoms with Crippen molar-refractivity contribution in [3.63, 3.8) is 0 Å². The molecule has 0 saturated heterocycles. The molecule has 4 aromatic carbocycles. The zero-order valence-electron chi connectivity index (χ0n) is 19.4. The third kappa shape index (κ3) is 3.45. The van der Waals surface area contributed by atoms with Crippen LogP contribution < -0.4 is 9.47 Å². The molecule has 4 heteroatoms. The summed E-state index contributed by atoms with van der Waals surface area (Å²) in [6, 6.07) is 25.8. The lowest BCUT2D eigenvalue weighted by molar-refractivity contribution is -0.140. The third-order valence-corrected chi connectivity index (χ3v) is 7.29. The number of carbonyl (C=O) groups is 2. The molecule has 0 spiro atoms. The summed E-state index contributed by atoms with van der Waals surface area (Å²) in [5.74, 6) is -0.0304. The van der Waals surface area contributed by atoms with Crippen molar-refractivity contribution in [2.45, 2.75) is 25.2 Å². The van der Waals surface area contributed by atoms with Crippen molar-refractivity contribution in [2.75, 3.05) is 0 Å². The molecule has 3 aliphatic rings. The maximum atomic E-state index is 13.7. The summed E-state index contributed by atoms with van der Waals surface area (Å²) >= 11 is 0. The van der Waals surface area contributed by atoms with Crippen molar-refractivity contribution in [3.05, 3.63) is 119 Å². The highest BCUT2D eigenvalue weighted by Gasteiger charge is 2.47. The van der Waals surface area contributed by atoms with Gasteiger partial charge in [-0.3, -0.25) is 4.79 Å². The number of aryl methyl sites for hydroxylation is 1. The van der Waals surface area contributed by atoms with Gasteiger partial charge in [0.2, 0.25) is 0 Å². The molecule has 4 nitrogen and oxygen atoms in total. The van der Waals surface area contributed by atoms with E-state index >= 15 is 0 Å². The molecule has 0 aromatic heterocycles. The Kier molecular flexibility index (Phi) is 5.03. The van der Waals surface area contributed by atoms with E-state index < -0.39 is 5.97 Å². The van der Waals surface area contributed by atoms with Crippen LogP contribution in [0.5, 0.6) is 11.5 Å². The Balaban J connectivity index is 1.37. The number of fused-ring (bicyclic) bond motifs is 2. The van der Waals surface area contributed by atoms with E-state index in [1.54, 1.807) is 12.1 Å². The lowest BCUT2D eigenvalue weighted by atomic mass is 9.59. The summed E-state index contributed by atoms with van der Waals surface area (Å²) in [6.45, 7) is 5.57. The van der Waals surface area contributed by atoms with Crippen LogP contribution >= 0.6 is 0 Å². The van der Waals surface area contributed by atoms with Crippen LogP contribution in [-0.2, 0) is 9.59 Å². The third-order valence-electron chi connectivity index (χ3n) is 7.29. The molecule has 2 bridgehead atoms. The summed E-state index contributed by atoms with van der Waals surface area (Å²) in [5.41, 5.74) is 6.33. The number of benzene rings is 4. The molecule has 172 valence electrons. The highest BCUT2D eigenvalue weighted by atomic mass is 16.5. The largest absolute Gasteiger partial charge is 0.426 e. The standard InChI is InChI=1S/C31H24O4/c1-3-29(32)34-27-14-15-28(21-10-6-5-9-20(21)27)35-31(33)26-17-25-19-8-4-7-11-22(19)30(26)23-13-12-18(2)16-24(23)25/h3-16,25-26,30H,1,17H2,2H3. The maximum absolute atomic E-state index is 13.7. The quantitative estimate of drug-likeness (QED) is 0.200. The van der Waals surface area contributed by atoms with Gasteiger partial charge >= 0.3 is 11.9 Å². The van der Waals surface area contributed by atoms with Gasteiger partial charge in [-0.25, -0.2) is 4.79 Å². The summed E-state index contributed by atoms with van der Waals surface area (Å²) in [7, 11) is 0. The van der Waals surface area contributed by atoms with E-state index in [4.69, 9.17) is 9.47 Å². The van der Waals surface area contributed by atoms with Crippen LogP contribution in [0.2, 0.25) is 0 Å². The molecular weight excluding hydrogens is 436 g/mol. The van der Waals surface area contributed by atoms with Crippen molar-refractivity contribution < 1.29 is 19.1 Å². The van der Waals surface area contributed by atoms with Crippen LogP contribution in [0.25, 0.3) is 10.8 Å². The molecule has 0 radical (unpaired) electrons. The van der Waals surface area contributed by atoms with Gasteiger partial charge in [-0.05, 0) is 47.7 Å². The van der Waals surface area contributed by atoms with E-state index in [-0.39, 0.29) is 23.7 Å². The van der Waals surface area contributed by atoms with Crippen molar-refractivity contribution in [3.8, 4) is 11.5 Å². The number of rotatable bonds is 4. The molecule has 0 N–H and O–H groups in total. The number of ether oxygens (including phenoxy) is 2. The topological polar surface area (TPSA) is 52.6 Å². The Morgan fingerprint density at radius 3 is 2.14 bits per heavy atom. The van der Waals surface area contributed by atoms with Gasteiger partial charge in [-0.2, -0.15) is 0 Å². The Morgan fingerprint density at radius 2 is 1.43 bits per heavy atom. The van der Waals surface area contributed by atoms with Crippen LogP contribution in [0.3, 0.4) is 0 Å². The number of hydrogen-bond acceptors (Lipinski definition) is 4. The van der Waals surface area contributed by atoms with Gasteiger partial charge < -0.3 is 9.47 Å². The van der Waals surface area contributed by atoms with Gasteiger partial charge in [0, 0.05) is 28.7 Å². The van der Waals surface area contributed by atoms with Gasteiger partial charge in [0.25, 0.3) is 0 Å². The Bertz CT molecular complexity index is 1520. The minimum atomic E-state index is -0.536.